The van der Waals surface area contributed by atoms with Gasteiger partial charge in [-0.2, -0.15) is 13.8 Å². The Bertz CT molecular complexity index is 11.6. The molecule has 0 aromatic rings. The van der Waals surface area contributed by atoms with Crippen molar-refractivity contribution in [2.45, 2.75) is 13.8 Å². The Labute approximate surface area is 58.2 Å². The van der Waals surface area contributed by atoms with Gasteiger partial charge in [0, 0.05) is 32.7 Å². The van der Waals surface area contributed by atoms with Crippen molar-refractivity contribution in [3.8, 4) is 0 Å². The van der Waals surface area contributed by atoms with Gasteiger partial charge in [-0.15, -0.1) is 0 Å². The van der Waals surface area contributed by atoms with Crippen molar-refractivity contribution in [2.75, 3.05) is 0 Å². The van der Waals surface area contributed by atoms with E-state index in [4.69, 9.17) is 5.73 Å². The fourth-order valence-corrected chi connectivity index (χ4v) is 0. The minimum absolute atomic E-state index is 0. The fraction of sp³-hybridized carbons (Fsp3) is 0.667. The van der Waals surface area contributed by atoms with Crippen LogP contribution in [-0.2, 0) is 32.7 Å². The molecule has 0 aromatic heterocycles. The van der Waals surface area contributed by atoms with Crippen molar-refractivity contribution in [1.82, 2.24) is 0 Å². The van der Waals surface area contributed by atoms with Crippen molar-refractivity contribution >= 4 is 0 Å². The molecule has 1 radical (unpaired) electrons. The van der Waals surface area contributed by atoms with E-state index in [2.05, 4.69) is 0 Å². The molecule has 1 nitrogen and oxygen atoms in total. The molecule has 0 bridgehead atoms. The summed E-state index contributed by atoms with van der Waals surface area (Å²) in [5, 5.41) is 0. The van der Waals surface area contributed by atoms with E-state index in [1.807, 2.05) is 13.8 Å². The maximum Gasteiger partial charge on any atom is 0 e. The van der Waals surface area contributed by atoms with Crippen LogP contribution in [0.15, 0.2) is 0 Å². The third-order valence-electron chi connectivity index (χ3n) is 0. The second kappa shape index (κ2) is 5.06. The van der Waals surface area contributed by atoms with Gasteiger partial charge in [0.05, 0.1) is 0 Å². The molecular weight excluding hydrogens is 139 g/mol. The summed E-state index contributed by atoms with van der Waals surface area (Å²) in [4.78, 5) is 0. The molecule has 0 aliphatic heterocycles. The van der Waals surface area contributed by atoms with E-state index < -0.39 is 0 Å². The minimum Gasteiger partial charge on any atom is -0.481 e. The van der Waals surface area contributed by atoms with Crippen LogP contribution in [0.25, 0.3) is 0 Å². The summed E-state index contributed by atoms with van der Waals surface area (Å²) >= 11 is 0. The van der Waals surface area contributed by atoms with E-state index in [-0.39, 0.29) is 32.7 Å². The smallest absolute Gasteiger partial charge is 0 e. The van der Waals surface area contributed by atoms with Crippen LogP contribution in [0.1, 0.15) is 13.8 Å². The van der Waals surface area contributed by atoms with Crippen molar-refractivity contribution in [3.63, 3.8) is 0 Å². The Kier molecular flexibility index (Phi) is 9.54. The average molecular weight is 147 g/mol. The molecule has 0 spiro atoms. The first-order chi connectivity index (χ1) is 1.73. The molecule has 5 heavy (non-hydrogen) atoms. The first kappa shape index (κ1) is 9.42. The van der Waals surface area contributed by atoms with Crippen molar-refractivity contribution < 1.29 is 32.7 Å². The van der Waals surface area contributed by atoms with Crippen LogP contribution in [0.2, 0.25) is 0 Å². The summed E-state index contributed by atoms with van der Waals surface area (Å²) in [5.41, 5.74) is 5.03. The summed E-state index contributed by atoms with van der Waals surface area (Å²) in [6.45, 7) is 3.72. The Balaban J connectivity index is 0. The fourth-order valence-electron chi connectivity index (χ4n) is 0. The van der Waals surface area contributed by atoms with Crippen LogP contribution >= 0.6 is 0 Å². The van der Waals surface area contributed by atoms with E-state index >= 15 is 0 Å². The zero-order valence-electron chi connectivity index (χ0n) is 3.65. The number of rotatable bonds is 0. The molecule has 0 rings (SSSR count). The molecule has 2 N–H and O–H groups in total. The predicted octanol–water partition coefficient (Wildman–Crippen LogP) is 0.514. The van der Waals surface area contributed by atoms with Crippen LogP contribution in [0, 0.1) is 6.04 Å². The maximum absolute atomic E-state index is 5.03. The molecule has 0 unspecified atom stereocenters. The van der Waals surface area contributed by atoms with E-state index in [1.54, 1.807) is 0 Å². The van der Waals surface area contributed by atoms with Gasteiger partial charge in [0.25, 0.3) is 0 Å². The molecule has 0 fully saturated rings. The molecule has 0 heterocycles. The van der Waals surface area contributed by atoms with Crippen molar-refractivity contribution in [3.05, 3.63) is 6.04 Å². The molecule has 2 heteroatoms. The normalized spacial score (nSPS) is 7.20. The van der Waals surface area contributed by atoms with Crippen molar-refractivity contribution in [2.24, 2.45) is 5.73 Å². The molecule has 29 valence electrons. The zero-order valence-corrected chi connectivity index (χ0v) is 6.49. The van der Waals surface area contributed by atoms with E-state index in [0.717, 1.165) is 6.04 Å². The standard InChI is InChI=1S/C3H8N.Y/c1-3(2)4;/h4H2,1-2H3;/q-1;. The van der Waals surface area contributed by atoms with Crippen LogP contribution in [0.3, 0.4) is 0 Å². The Hall–Kier alpha value is 1.06. The largest absolute Gasteiger partial charge is 0.481 e. The summed E-state index contributed by atoms with van der Waals surface area (Å²) in [7, 11) is 0. The number of hydrogen-bond acceptors (Lipinski definition) is 1. The third kappa shape index (κ3) is 42.0. The van der Waals surface area contributed by atoms with Gasteiger partial charge < -0.3 is 5.73 Å². The van der Waals surface area contributed by atoms with Crippen LogP contribution in [-0.4, -0.2) is 0 Å². The zero-order chi connectivity index (χ0) is 3.58. The molecular formula is C3H8NY-. The second-order valence-corrected chi connectivity index (χ2v) is 1.08. The molecule has 0 aliphatic carbocycles. The second-order valence-electron chi connectivity index (χ2n) is 1.08. The Morgan fingerprint density at radius 1 is 1.40 bits per heavy atom. The van der Waals surface area contributed by atoms with Gasteiger partial charge in [-0.25, -0.2) is 0 Å². The summed E-state index contributed by atoms with van der Waals surface area (Å²) in [6, 6.07) is 0.917. The topological polar surface area (TPSA) is 26.0 Å². The summed E-state index contributed by atoms with van der Waals surface area (Å²) in [6.07, 6.45) is 0. The van der Waals surface area contributed by atoms with Gasteiger partial charge >= 0.3 is 0 Å². The predicted molar refractivity (Wildman–Crippen MR) is 18.8 cm³/mol. The minimum atomic E-state index is 0. The van der Waals surface area contributed by atoms with Crippen LogP contribution in [0.5, 0.6) is 0 Å². The van der Waals surface area contributed by atoms with Crippen LogP contribution in [0.4, 0.5) is 0 Å². The first-order valence-electron chi connectivity index (χ1n) is 1.29. The van der Waals surface area contributed by atoms with Crippen LogP contribution < -0.4 is 5.73 Å². The van der Waals surface area contributed by atoms with E-state index in [9.17, 15) is 0 Å². The summed E-state index contributed by atoms with van der Waals surface area (Å²) < 4.78 is 0. The number of nitrogens with two attached hydrogens (primary N) is 1. The maximum atomic E-state index is 5.03. The monoisotopic (exact) mass is 147 g/mol. The van der Waals surface area contributed by atoms with Crippen molar-refractivity contribution in [1.29, 1.82) is 0 Å². The quantitative estimate of drug-likeness (QED) is 0.496. The Morgan fingerprint density at radius 2 is 1.40 bits per heavy atom. The van der Waals surface area contributed by atoms with Gasteiger partial charge in [0.2, 0.25) is 0 Å². The molecule has 0 atom stereocenters. The molecule has 0 amide bonds. The SMILES string of the molecule is C[C-](C)N.[Y]. The molecule has 0 saturated carbocycles. The van der Waals surface area contributed by atoms with Gasteiger partial charge in [0.1, 0.15) is 0 Å². The molecule has 0 aromatic carbocycles. The van der Waals surface area contributed by atoms with Gasteiger partial charge in [-0.05, 0) is 0 Å². The number of hydrogen-bond donors (Lipinski definition) is 1. The van der Waals surface area contributed by atoms with E-state index in [1.165, 1.54) is 0 Å². The van der Waals surface area contributed by atoms with Gasteiger partial charge in [-0.3, -0.25) is 6.04 Å². The third-order valence-corrected chi connectivity index (χ3v) is 0. The van der Waals surface area contributed by atoms with Gasteiger partial charge in [-0.1, -0.05) is 0 Å². The Morgan fingerprint density at radius 3 is 1.40 bits per heavy atom. The first-order valence-corrected chi connectivity index (χ1v) is 1.29. The molecule has 0 aliphatic rings. The average Bonchev–Trinajstić information content (AvgIpc) is 0.811. The van der Waals surface area contributed by atoms with Gasteiger partial charge in [0.15, 0.2) is 0 Å². The summed E-state index contributed by atoms with van der Waals surface area (Å²) in [5.74, 6) is 0. The molecule has 0 saturated heterocycles. The van der Waals surface area contributed by atoms with E-state index in [0.29, 0.717) is 0 Å².